The first-order valence-corrected chi connectivity index (χ1v) is 9.55. The molecule has 0 amide bonds. The number of unbranched alkanes of at least 4 members (excludes halogenated alkanes) is 1. The fourth-order valence-electron chi connectivity index (χ4n) is 3.20. The molecule has 0 fully saturated rings. The minimum Gasteiger partial charge on any atom is -0.479 e. The number of fused-ring (bicyclic) bond motifs is 1. The van der Waals surface area contributed by atoms with Crippen LogP contribution in [0.4, 0.5) is 5.69 Å². The summed E-state index contributed by atoms with van der Waals surface area (Å²) in [5.74, 6) is 0.150. The molecule has 0 aliphatic carbocycles. The molecule has 1 N–H and O–H groups in total. The predicted octanol–water partition coefficient (Wildman–Crippen LogP) is 6.29. The number of hydrogen-bond acceptors (Lipinski definition) is 4. The second-order valence-electron chi connectivity index (χ2n) is 6.76. The zero-order valence-corrected chi connectivity index (χ0v) is 15.8. The molecular formula is C24H22N2O2. The summed E-state index contributed by atoms with van der Waals surface area (Å²) in [7, 11) is 0. The van der Waals surface area contributed by atoms with Gasteiger partial charge in [-0.2, -0.15) is 0 Å². The zero-order valence-electron chi connectivity index (χ0n) is 15.8. The van der Waals surface area contributed by atoms with E-state index in [0.717, 1.165) is 28.4 Å². The number of benzene rings is 3. The number of nitrogens with zero attached hydrogens (tertiary/aromatic N) is 2. The van der Waals surface area contributed by atoms with Crippen LogP contribution in [0.2, 0.25) is 0 Å². The quantitative estimate of drug-likeness (QED) is 0.406. The number of aliphatic imine (C=N–C) groups is 1. The summed E-state index contributed by atoms with van der Waals surface area (Å²) in [5.41, 5.74) is 3.28. The number of aromatic nitrogens is 1. The summed E-state index contributed by atoms with van der Waals surface area (Å²) in [5, 5.41) is 12.3. The van der Waals surface area contributed by atoms with Crippen LogP contribution in [0.5, 0.6) is 5.95 Å². The SMILES string of the molecule is CCCCc1ccc(N=Cc2nc(-c3cccc4ccccc34)oc2O)cc1. The van der Waals surface area contributed by atoms with E-state index in [1.807, 2.05) is 54.6 Å². The first-order chi connectivity index (χ1) is 13.7. The topological polar surface area (TPSA) is 58.6 Å². The van der Waals surface area contributed by atoms with Gasteiger partial charge in [0, 0.05) is 5.56 Å². The highest BCUT2D eigenvalue weighted by Crippen LogP contribution is 2.31. The third-order valence-electron chi connectivity index (χ3n) is 4.75. The van der Waals surface area contributed by atoms with Gasteiger partial charge in [-0.1, -0.05) is 61.9 Å². The van der Waals surface area contributed by atoms with E-state index in [1.54, 1.807) is 0 Å². The van der Waals surface area contributed by atoms with Crippen LogP contribution >= 0.6 is 0 Å². The third kappa shape index (κ3) is 3.81. The molecule has 0 radical (unpaired) electrons. The van der Waals surface area contributed by atoms with Gasteiger partial charge in [-0.05, 0) is 47.4 Å². The zero-order chi connectivity index (χ0) is 19.3. The van der Waals surface area contributed by atoms with Gasteiger partial charge in [0.2, 0.25) is 5.89 Å². The Bertz CT molecular complexity index is 1110. The summed E-state index contributed by atoms with van der Waals surface area (Å²) in [6.45, 7) is 2.19. The molecule has 0 unspecified atom stereocenters. The summed E-state index contributed by atoms with van der Waals surface area (Å²) in [6.07, 6.45) is 4.99. The maximum absolute atomic E-state index is 10.2. The number of aryl methyl sites for hydroxylation is 1. The third-order valence-corrected chi connectivity index (χ3v) is 4.75. The van der Waals surface area contributed by atoms with E-state index < -0.39 is 0 Å². The van der Waals surface area contributed by atoms with E-state index in [2.05, 4.69) is 29.0 Å². The number of rotatable bonds is 6. The average molecular weight is 370 g/mol. The van der Waals surface area contributed by atoms with Crippen molar-refractivity contribution in [2.24, 2.45) is 4.99 Å². The van der Waals surface area contributed by atoms with E-state index in [-0.39, 0.29) is 5.95 Å². The van der Waals surface area contributed by atoms with Crippen molar-refractivity contribution in [3.05, 3.63) is 78.0 Å². The van der Waals surface area contributed by atoms with Crippen LogP contribution in [0, 0.1) is 0 Å². The monoisotopic (exact) mass is 370 g/mol. The van der Waals surface area contributed by atoms with Gasteiger partial charge in [0.05, 0.1) is 11.9 Å². The van der Waals surface area contributed by atoms with E-state index >= 15 is 0 Å². The van der Waals surface area contributed by atoms with E-state index in [0.29, 0.717) is 11.6 Å². The van der Waals surface area contributed by atoms with Gasteiger partial charge in [-0.3, -0.25) is 4.99 Å². The second kappa shape index (κ2) is 8.09. The Balaban J connectivity index is 1.58. The molecule has 0 aliphatic rings. The lowest BCUT2D eigenvalue weighted by atomic mass is 10.0. The Hall–Kier alpha value is -3.40. The highest BCUT2D eigenvalue weighted by atomic mass is 16.5. The average Bonchev–Trinajstić information content (AvgIpc) is 3.11. The van der Waals surface area contributed by atoms with Crippen molar-refractivity contribution in [3.8, 4) is 17.4 Å². The van der Waals surface area contributed by atoms with Crippen LogP contribution in [-0.4, -0.2) is 16.3 Å². The van der Waals surface area contributed by atoms with E-state index in [9.17, 15) is 5.11 Å². The largest absolute Gasteiger partial charge is 0.479 e. The van der Waals surface area contributed by atoms with Gasteiger partial charge in [0.15, 0.2) is 5.69 Å². The molecule has 0 saturated carbocycles. The van der Waals surface area contributed by atoms with Crippen molar-refractivity contribution < 1.29 is 9.52 Å². The normalized spacial score (nSPS) is 11.5. The highest BCUT2D eigenvalue weighted by Gasteiger charge is 2.14. The standard InChI is InChI=1S/C24H22N2O2/c1-2-3-7-17-12-14-19(15-13-17)25-16-22-24(27)28-23(26-22)21-11-6-9-18-8-4-5-10-20(18)21/h4-6,8-16,27H,2-3,7H2,1H3. The molecular weight excluding hydrogens is 348 g/mol. The molecule has 0 aliphatic heterocycles. The highest BCUT2D eigenvalue weighted by molar-refractivity contribution is 5.95. The molecule has 4 nitrogen and oxygen atoms in total. The summed E-state index contributed by atoms with van der Waals surface area (Å²) >= 11 is 0. The van der Waals surface area contributed by atoms with Gasteiger partial charge in [0.25, 0.3) is 0 Å². The lowest BCUT2D eigenvalue weighted by molar-refractivity contribution is 0.337. The van der Waals surface area contributed by atoms with Gasteiger partial charge < -0.3 is 9.52 Å². The molecule has 28 heavy (non-hydrogen) atoms. The Labute approximate surface area is 164 Å². The molecule has 0 atom stereocenters. The summed E-state index contributed by atoms with van der Waals surface area (Å²) in [4.78, 5) is 8.86. The van der Waals surface area contributed by atoms with Crippen LogP contribution in [0.25, 0.3) is 22.2 Å². The van der Waals surface area contributed by atoms with Crippen molar-refractivity contribution in [1.82, 2.24) is 4.98 Å². The minimum atomic E-state index is -0.230. The van der Waals surface area contributed by atoms with Crippen LogP contribution < -0.4 is 0 Å². The molecule has 0 spiro atoms. The van der Waals surface area contributed by atoms with Crippen molar-refractivity contribution in [1.29, 1.82) is 0 Å². The van der Waals surface area contributed by atoms with Crippen molar-refractivity contribution in [2.45, 2.75) is 26.2 Å². The molecule has 140 valence electrons. The second-order valence-corrected chi connectivity index (χ2v) is 6.76. The van der Waals surface area contributed by atoms with E-state index in [4.69, 9.17) is 4.42 Å². The van der Waals surface area contributed by atoms with Gasteiger partial charge >= 0.3 is 5.95 Å². The lowest BCUT2D eigenvalue weighted by Crippen LogP contribution is -1.85. The molecule has 0 bridgehead atoms. The van der Waals surface area contributed by atoms with Crippen LogP contribution in [0.3, 0.4) is 0 Å². The molecule has 1 aromatic heterocycles. The number of oxazole rings is 1. The van der Waals surface area contributed by atoms with Crippen molar-refractivity contribution >= 4 is 22.7 Å². The smallest absolute Gasteiger partial charge is 0.312 e. The maximum Gasteiger partial charge on any atom is 0.312 e. The van der Waals surface area contributed by atoms with Crippen molar-refractivity contribution in [3.63, 3.8) is 0 Å². The number of aromatic hydroxyl groups is 1. The minimum absolute atomic E-state index is 0.230. The first kappa shape index (κ1) is 18.0. The Morgan fingerprint density at radius 3 is 2.61 bits per heavy atom. The molecule has 4 aromatic rings. The van der Waals surface area contributed by atoms with Crippen LogP contribution in [-0.2, 0) is 6.42 Å². The fourth-order valence-corrected chi connectivity index (χ4v) is 3.20. The van der Waals surface area contributed by atoms with E-state index in [1.165, 1.54) is 24.6 Å². The Kier molecular flexibility index (Phi) is 5.20. The van der Waals surface area contributed by atoms with Crippen LogP contribution in [0.1, 0.15) is 31.0 Å². The molecule has 4 rings (SSSR count). The maximum atomic E-state index is 10.2. The van der Waals surface area contributed by atoms with Gasteiger partial charge in [-0.15, -0.1) is 0 Å². The molecule has 1 heterocycles. The van der Waals surface area contributed by atoms with Gasteiger partial charge in [-0.25, -0.2) is 4.98 Å². The molecule has 0 saturated heterocycles. The lowest BCUT2D eigenvalue weighted by Gasteiger charge is -2.01. The first-order valence-electron chi connectivity index (χ1n) is 9.55. The number of hydrogen-bond donors (Lipinski definition) is 1. The summed E-state index contributed by atoms with van der Waals surface area (Å²) < 4.78 is 5.51. The van der Waals surface area contributed by atoms with Crippen LogP contribution in [0.15, 0.2) is 76.1 Å². The summed E-state index contributed by atoms with van der Waals surface area (Å²) in [6, 6.07) is 22.1. The van der Waals surface area contributed by atoms with Gasteiger partial charge in [0.1, 0.15) is 0 Å². The van der Waals surface area contributed by atoms with Crippen molar-refractivity contribution in [2.75, 3.05) is 0 Å². The Morgan fingerprint density at radius 1 is 1.00 bits per heavy atom. The molecule has 3 aromatic carbocycles. The molecule has 4 heteroatoms. The Morgan fingerprint density at radius 2 is 1.79 bits per heavy atom. The predicted molar refractivity (Wildman–Crippen MR) is 113 cm³/mol. The fraction of sp³-hybridized carbons (Fsp3) is 0.167.